The Bertz CT molecular complexity index is 876. The van der Waals surface area contributed by atoms with Gasteiger partial charge in [-0.3, -0.25) is 4.72 Å². The minimum Gasteiger partial charge on any atom is -0.490 e. The van der Waals surface area contributed by atoms with Crippen molar-refractivity contribution in [1.29, 1.82) is 0 Å². The number of rotatable bonds is 6. The molecule has 0 spiro atoms. The first kappa shape index (κ1) is 19.3. The summed E-state index contributed by atoms with van der Waals surface area (Å²) in [7, 11) is -4.27. The van der Waals surface area contributed by atoms with Gasteiger partial charge in [-0.25, -0.2) is 8.42 Å². The maximum absolute atomic E-state index is 12.5. The standard InChI is InChI=1S/C18H18F3NO4S/c19-18(20,21)26-16-7-3-4-8-17(16)27(23,24)22-13-9-11-15(12-10-13)25-14-5-1-2-6-14/h3-4,7-12,14,22H,1-2,5-6H2. The summed E-state index contributed by atoms with van der Waals surface area (Å²) in [5, 5.41) is 0. The van der Waals surface area contributed by atoms with Gasteiger partial charge in [0.25, 0.3) is 10.0 Å². The Labute approximate surface area is 155 Å². The molecular formula is C18H18F3NO4S. The van der Waals surface area contributed by atoms with E-state index in [0.717, 1.165) is 37.8 Å². The molecule has 1 fully saturated rings. The van der Waals surface area contributed by atoms with Gasteiger partial charge in [-0.1, -0.05) is 12.1 Å². The van der Waals surface area contributed by atoms with Crippen molar-refractivity contribution in [2.24, 2.45) is 0 Å². The van der Waals surface area contributed by atoms with Crippen LogP contribution in [0.15, 0.2) is 53.4 Å². The number of sulfonamides is 1. The van der Waals surface area contributed by atoms with Gasteiger partial charge in [-0.2, -0.15) is 0 Å². The molecule has 0 atom stereocenters. The molecule has 3 rings (SSSR count). The van der Waals surface area contributed by atoms with Crippen molar-refractivity contribution in [3.05, 3.63) is 48.5 Å². The number of ether oxygens (including phenoxy) is 2. The number of alkyl halides is 3. The lowest BCUT2D eigenvalue weighted by molar-refractivity contribution is -0.275. The third-order valence-corrected chi connectivity index (χ3v) is 5.50. The highest BCUT2D eigenvalue weighted by molar-refractivity contribution is 7.92. The summed E-state index contributed by atoms with van der Waals surface area (Å²) in [6.07, 6.45) is -0.595. The van der Waals surface area contributed by atoms with E-state index in [1.165, 1.54) is 24.3 Å². The van der Waals surface area contributed by atoms with Crippen LogP contribution in [0.5, 0.6) is 11.5 Å². The van der Waals surface area contributed by atoms with Crippen LogP contribution in [-0.4, -0.2) is 20.9 Å². The molecule has 27 heavy (non-hydrogen) atoms. The van der Waals surface area contributed by atoms with Gasteiger partial charge in [0.05, 0.1) is 6.10 Å². The van der Waals surface area contributed by atoms with Crippen molar-refractivity contribution >= 4 is 15.7 Å². The summed E-state index contributed by atoms with van der Waals surface area (Å²) in [4.78, 5) is -0.603. The molecule has 0 radical (unpaired) electrons. The van der Waals surface area contributed by atoms with Crippen LogP contribution >= 0.6 is 0 Å². The summed E-state index contributed by atoms with van der Waals surface area (Å²) >= 11 is 0. The van der Waals surface area contributed by atoms with Gasteiger partial charge in [0.2, 0.25) is 0 Å². The minimum absolute atomic E-state index is 0.166. The van der Waals surface area contributed by atoms with Crippen molar-refractivity contribution in [2.45, 2.75) is 43.0 Å². The van der Waals surface area contributed by atoms with Gasteiger partial charge in [0.1, 0.15) is 16.4 Å². The van der Waals surface area contributed by atoms with Gasteiger partial charge in [-0.05, 0) is 62.1 Å². The van der Waals surface area contributed by atoms with E-state index in [1.807, 2.05) is 0 Å². The average Bonchev–Trinajstić information content (AvgIpc) is 3.08. The smallest absolute Gasteiger partial charge is 0.490 e. The fourth-order valence-corrected chi connectivity index (χ4v) is 4.08. The molecule has 0 aliphatic heterocycles. The normalized spacial score (nSPS) is 15.5. The molecule has 0 amide bonds. The molecule has 0 bridgehead atoms. The monoisotopic (exact) mass is 401 g/mol. The van der Waals surface area contributed by atoms with Crippen LogP contribution in [0.25, 0.3) is 0 Å². The van der Waals surface area contributed by atoms with Crippen LogP contribution in [0.4, 0.5) is 18.9 Å². The molecule has 1 saturated carbocycles. The summed E-state index contributed by atoms with van der Waals surface area (Å²) in [5.41, 5.74) is 0.204. The molecule has 0 unspecified atom stereocenters. The molecule has 1 aliphatic carbocycles. The number of anilines is 1. The molecule has 1 aliphatic rings. The molecule has 9 heteroatoms. The Hall–Kier alpha value is -2.42. The molecule has 0 aromatic heterocycles. The fourth-order valence-electron chi connectivity index (χ4n) is 2.89. The maximum atomic E-state index is 12.5. The van der Waals surface area contributed by atoms with Gasteiger partial charge in [0, 0.05) is 5.69 Å². The van der Waals surface area contributed by atoms with Crippen molar-refractivity contribution in [3.63, 3.8) is 0 Å². The molecule has 146 valence electrons. The zero-order chi connectivity index (χ0) is 19.5. The van der Waals surface area contributed by atoms with E-state index >= 15 is 0 Å². The van der Waals surface area contributed by atoms with E-state index in [-0.39, 0.29) is 11.8 Å². The first-order valence-corrected chi connectivity index (χ1v) is 9.85. The average molecular weight is 401 g/mol. The summed E-state index contributed by atoms with van der Waals surface area (Å²) in [5.74, 6) is -0.177. The topological polar surface area (TPSA) is 64.6 Å². The maximum Gasteiger partial charge on any atom is 0.573 e. The van der Waals surface area contributed by atoms with Gasteiger partial charge >= 0.3 is 6.36 Å². The van der Waals surface area contributed by atoms with Crippen LogP contribution in [0.3, 0.4) is 0 Å². The van der Waals surface area contributed by atoms with Crippen molar-refractivity contribution < 1.29 is 31.1 Å². The van der Waals surface area contributed by atoms with Crippen LogP contribution in [0.1, 0.15) is 25.7 Å². The van der Waals surface area contributed by atoms with Gasteiger partial charge in [0.15, 0.2) is 0 Å². The Morgan fingerprint density at radius 1 is 0.963 bits per heavy atom. The zero-order valence-electron chi connectivity index (χ0n) is 14.2. The highest BCUT2D eigenvalue weighted by atomic mass is 32.2. The predicted octanol–water partition coefficient (Wildman–Crippen LogP) is 4.71. The van der Waals surface area contributed by atoms with Crippen LogP contribution in [0.2, 0.25) is 0 Å². The molecule has 1 N–H and O–H groups in total. The van der Waals surface area contributed by atoms with E-state index < -0.39 is 27.0 Å². The van der Waals surface area contributed by atoms with Crippen molar-refractivity contribution in [1.82, 2.24) is 0 Å². The van der Waals surface area contributed by atoms with Crippen LogP contribution in [-0.2, 0) is 10.0 Å². The number of halogens is 3. The predicted molar refractivity (Wildman–Crippen MR) is 93.3 cm³/mol. The fraction of sp³-hybridized carbons (Fsp3) is 0.333. The lowest BCUT2D eigenvalue weighted by Gasteiger charge is -2.15. The van der Waals surface area contributed by atoms with E-state index in [4.69, 9.17) is 4.74 Å². The van der Waals surface area contributed by atoms with Gasteiger partial charge < -0.3 is 9.47 Å². The molecule has 2 aromatic rings. The SMILES string of the molecule is O=S(=O)(Nc1ccc(OC2CCCC2)cc1)c1ccccc1OC(F)(F)F. The van der Waals surface area contributed by atoms with E-state index in [1.54, 1.807) is 12.1 Å². The lowest BCUT2D eigenvalue weighted by Crippen LogP contribution is -2.20. The highest BCUT2D eigenvalue weighted by Crippen LogP contribution is 2.31. The number of hydrogen-bond donors (Lipinski definition) is 1. The molecule has 0 saturated heterocycles. The third-order valence-electron chi connectivity index (χ3n) is 4.08. The highest BCUT2D eigenvalue weighted by Gasteiger charge is 2.34. The second-order valence-corrected chi connectivity index (χ2v) is 7.80. The Balaban J connectivity index is 1.75. The van der Waals surface area contributed by atoms with E-state index in [9.17, 15) is 21.6 Å². The Morgan fingerprint density at radius 2 is 1.59 bits per heavy atom. The summed E-state index contributed by atoms with van der Waals surface area (Å²) in [6.45, 7) is 0. The first-order valence-electron chi connectivity index (χ1n) is 8.37. The largest absolute Gasteiger partial charge is 0.573 e. The number of para-hydroxylation sites is 1. The summed E-state index contributed by atoms with van der Waals surface area (Å²) in [6, 6.07) is 10.8. The number of nitrogens with one attached hydrogen (secondary N) is 1. The van der Waals surface area contributed by atoms with Crippen LogP contribution < -0.4 is 14.2 Å². The molecule has 5 nitrogen and oxygen atoms in total. The third kappa shape index (κ3) is 5.29. The first-order chi connectivity index (χ1) is 12.7. The quantitative estimate of drug-likeness (QED) is 0.762. The van der Waals surface area contributed by atoms with Gasteiger partial charge in [-0.15, -0.1) is 13.2 Å². The second kappa shape index (κ2) is 7.67. The molecule has 0 heterocycles. The molecular weight excluding hydrogens is 383 g/mol. The van der Waals surface area contributed by atoms with E-state index in [0.29, 0.717) is 5.75 Å². The Morgan fingerprint density at radius 3 is 2.22 bits per heavy atom. The van der Waals surface area contributed by atoms with Crippen molar-refractivity contribution in [3.8, 4) is 11.5 Å². The Kier molecular flexibility index (Phi) is 5.50. The van der Waals surface area contributed by atoms with Crippen LogP contribution in [0, 0.1) is 0 Å². The van der Waals surface area contributed by atoms with Crippen molar-refractivity contribution in [2.75, 3.05) is 4.72 Å². The zero-order valence-corrected chi connectivity index (χ0v) is 15.0. The number of hydrogen-bond acceptors (Lipinski definition) is 4. The van der Waals surface area contributed by atoms with E-state index in [2.05, 4.69) is 9.46 Å². The minimum atomic E-state index is -5.00. The number of benzene rings is 2. The summed E-state index contributed by atoms with van der Waals surface area (Å²) < 4.78 is 74.3. The second-order valence-electron chi connectivity index (χ2n) is 6.15. The lowest BCUT2D eigenvalue weighted by atomic mass is 10.3. The molecule has 2 aromatic carbocycles.